The van der Waals surface area contributed by atoms with Gasteiger partial charge in [0.15, 0.2) is 11.5 Å². The van der Waals surface area contributed by atoms with Gasteiger partial charge in [-0.15, -0.1) is 0 Å². The summed E-state index contributed by atoms with van der Waals surface area (Å²) in [5, 5.41) is 2.80. The van der Waals surface area contributed by atoms with E-state index in [9.17, 15) is 9.59 Å². The lowest BCUT2D eigenvalue weighted by Gasteiger charge is -2.34. The molecule has 8 heteroatoms. The van der Waals surface area contributed by atoms with Crippen molar-refractivity contribution in [2.24, 2.45) is 0 Å². The highest BCUT2D eigenvalue weighted by molar-refractivity contribution is 14.1. The zero-order valence-corrected chi connectivity index (χ0v) is 17.0. The molecule has 1 heterocycles. The zero-order chi connectivity index (χ0) is 18.4. The van der Waals surface area contributed by atoms with Crippen molar-refractivity contribution in [3.8, 4) is 11.5 Å². The Bertz CT molecular complexity index is 631. The Balaban J connectivity index is 2.02. The van der Waals surface area contributed by atoms with E-state index >= 15 is 0 Å². The van der Waals surface area contributed by atoms with Crippen molar-refractivity contribution in [1.29, 1.82) is 0 Å². The summed E-state index contributed by atoms with van der Waals surface area (Å²) in [5.41, 5.74) is 0.607. The van der Waals surface area contributed by atoms with Crippen LogP contribution in [0.2, 0.25) is 0 Å². The third-order valence-electron chi connectivity index (χ3n) is 4.10. The Morgan fingerprint density at radius 1 is 1.12 bits per heavy atom. The maximum atomic E-state index is 12.8. The van der Waals surface area contributed by atoms with Crippen LogP contribution in [0, 0.1) is 3.57 Å². The normalized spacial score (nSPS) is 15.0. The number of likely N-dealkylation sites (N-methyl/N-ethyl adjacent to an activating group) is 1. The van der Waals surface area contributed by atoms with Gasteiger partial charge in [0.1, 0.15) is 0 Å². The van der Waals surface area contributed by atoms with Crippen molar-refractivity contribution in [2.75, 3.05) is 53.5 Å². The molecule has 1 aliphatic rings. The van der Waals surface area contributed by atoms with Crippen LogP contribution < -0.4 is 14.8 Å². The van der Waals surface area contributed by atoms with Crippen LogP contribution in [0.3, 0.4) is 0 Å². The van der Waals surface area contributed by atoms with Crippen LogP contribution in [0.1, 0.15) is 17.3 Å². The van der Waals surface area contributed by atoms with Crippen LogP contribution in [0.15, 0.2) is 12.1 Å². The Labute approximate surface area is 161 Å². The summed E-state index contributed by atoms with van der Waals surface area (Å²) >= 11 is 2.14. The lowest BCUT2D eigenvalue weighted by Crippen LogP contribution is -2.51. The van der Waals surface area contributed by atoms with E-state index < -0.39 is 0 Å². The number of amides is 2. The molecule has 2 rings (SSSR count). The molecule has 1 aromatic carbocycles. The molecular weight excluding hydrogens is 437 g/mol. The average molecular weight is 461 g/mol. The molecule has 2 amide bonds. The van der Waals surface area contributed by atoms with Crippen molar-refractivity contribution in [2.45, 2.75) is 6.92 Å². The topological polar surface area (TPSA) is 71.1 Å². The Morgan fingerprint density at radius 2 is 1.72 bits per heavy atom. The second-order valence-electron chi connectivity index (χ2n) is 5.71. The molecule has 0 atom stereocenters. The predicted molar refractivity (Wildman–Crippen MR) is 103 cm³/mol. The lowest BCUT2D eigenvalue weighted by atomic mass is 10.1. The predicted octanol–water partition coefficient (Wildman–Crippen LogP) is 1.20. The number of hydrogen-bond donors (Lipinski definition) is 1. The van der Waals surface area contributed by atoms with Gasteiger partial charge in [0.25, 0.3) is 5.91 Å². The first-order valence-electron chi connectivity index (χ1n) is 8.20. The van der Waals surface area contributed by atoms with Crippen LogP contribution in [-0.4, -0.2) is 75.1 Å². The van der Waals surface area contributed by atoms with Crippen molar-refractivity contribution >= 4 is 34.4 Å². The molecule has 138 valence electrons. The fourth-order valence-corrected chi connectivity index (χ4v) is 3.42. The first kappa shape index (κ1) is 19.8. The number of nitrogens with one attached hydrogen (secondary N) is 1. The fourth-order valence-electron chi connectivity index (χ4n) is 2.75. The van der Waals surface area contributed by atoms with Crippen LogP contribution >= 0.6 is 22.6 Å². The third-order valence-corrected chi connectivity index (χ3v) is 5.00. The number of rotatable bonds is 6. The highest BCUT2D eigenvalue weighted by atomic mass is 127. The Morgan fingerprint density at radius 3 is 2.28 bits per heavy atom. The summed E-state index contributed by atoms with van der Waals surface area (Å²) in [7, 11) is 3.13. The second kappa shape index (κ2) is 9.23. The largest absolute Gasteiger partial charge is 0.493 e. The van der Waals surface area contributed by atoms with Crippen LogP contribution in [0.4, 0.5) is 0 Å². The SMILES string of the molecule is CCNC(=O)CN1CCN(C(=O)c2cc(OC)c(OC)cc2I)CC1. The average Bonchev–Trinajstić information content (AvgIpc) is 2.61. The minimum absolute atomic E-state index is 0.0247. The molecule has 0 spiro atoms. The van der Waals surface area contributed by atoms with Gasteiger partial charge in [0.2, 0.25) is 5.91 Å². The van der Waals surface area contributed by atoms with Crippen molar-refractivity contribution in [3.63, 3.8) is 0 Å². The van der Waals surface area contributed by atoms with Crippen molar-refractivity contribution in [1.82, 2.24) is 15.1 Å². The highest BCUT2D eigenvalue weighted by Crippen LogP contribution is 2.32. The summed E-state index contributed by atoms with van der Waals surface area (Å²) in [6.45, 7) is 5.49. The Kier molecular flexibility index (Phi) is 7.30. The van der Waals surface area contributed by atoms with Gasteiger partial charge in [-0.05, 0) is 41.6 Å². The summed E-state index contributed by atoms with van der Waals surface area (Å²) in [5.74, 6) is 1.15. The number of methoxy groups -OCH3 is 2. The second-order valence-corrected chi connectivity index (χ2v) is 6.87. The molecule has 1 fully saturated rings. The molecule has 1 saturated heterocycles. The van der Waals surface area contributed by atoms with Gasteiger partial charge in [-0.3, -0.25) is 14.5 Å². The molecule has 1 N–H and O–H groups in total. The molecule has 7 nitrogen and oxygen atoms in total. The quantitative estimate of drug-likeness (QED) is 0.645. The number of hydrogen-bond acceptors (Lipinski definition) is 5. The van der Waals surface area contributed by atoms with E-state index in [1.807, 2.05) is 11.8 Å². The van der Waals surface area contributed by atoms with E-state index in [2.05, 4.69) is 32.8 Å². The molecule has 0 unspecified atom stereocenters. The standard InChI is InChI=1S/C17H24IN3O4/c1-4-19-16(22)11-20-5-7-21(8-6-20)17(23)12-9-14(24-2)15(25-3)10-13(12)18/h9-10H,4-8,11H2,1-3H3,(H,19,22). The molecular formula is C17H24IN3O4. The molecule has 1 aromatic rings. The minimum atomic E-state index is -0.0250. The van der Waals surface area contributed by atoms with E-state index in [-0.39, 0.29) is 11.8 Å². The smallest absolute Gasteiger partial charge is 0.255 e. The number of nitrogens with zero attached hydrogens (tertiary/aromatic N) is 2. The maximum Gasteiger partial charge on any atom is 0.255 e. The molecule has 0 aromatic heterocycles. The summed E-state index contributed by atoms with van der Waals surface area (Å²) in [6, 6.07) is 3.53. The van der Waals surface area contributed by atoms with Crippen LogP contribution in [0.5, 0.6) is 11.5 Å². The summed E-state index contributed by atoms with van der Waals surface area (Å²) in [6.07, 6.45) is 0. The first-order chi connectivity index (χ1) is 12.0. The minimum Gasteiger partial charge on any atom is -0.493 e. The number of benzene rings is 1. The number of ether oxygens (including phenoxy) is 2. The monoisotopic (exact) mass is 461 g/mol. The summed E-state index contributed by atoms with van der Waals surface area (Å²) in [4.78, 5) is 28.4. The van der Waals surface area contributed by atoms with E-state index in [0.29, 0.717) is 56.3 Å². The third kappa shape index (κ3) is 4.97. The van der Waals surface area contributed by atoms with E-state index in [0.717, 1.165) is 3.57 Å². The van der Waals surface area contributed by atoms with Crippen LogP contribution in [0.25, 0.3) is 0 Å². The zero-order valence-electron chi connectivity index (χ0n) is 14.8. The van der Waals surface area contributed by atoms with Gasteiger partial charge in [-0.2, -0.15) is 0 Å². The molecule has 0 aliphatic carbocycles. The Hall–Kier alpha value is -1.55. The lowest BCUT2D eigenvalue weighted by molar-refractivity contribution is -0.122. The van der Waals surface area contributed by atoms with Gasteiger partial charge >= 0.3 is 0 Å². The molecule has 0 bridgehead atoms. The van der Waals surface area contributed by atoms with Gasteiger partial charge in [0, 0.05) is 36.3 Å². The summed E-state index contributed by atoms with van der Waals surface area (Å²) < 4.78 is 11.4. The molecule has 1 aliphatic heterocycles. The van der Waals surface area contributed by atoms with Gasteiger partial charge in [-0.25, -0.2) is 0 Å². The number of carbonyl (C=O) groups is 2. The van der Waals surface area contributed by atoms with E-state index in [4.69, 9.17) is 9.47 Å². The van der Waals surface area contributed by atoms with Crippen molar-refractivity contribution < 1.29 is 19.1 Å². The number of piperazine rings is 1. The maximum absolute atomic E-state index is 12.8. The van der Waals surface area contributed by atoms with Crippen LogP contribution in [-0.2, 0) is 4.79 Å². The highest BCUT2D eigenvalue weighted by Gasteiger charge is 2.25. The van der Waals surface area contributed by atoms with E-state index in [1.54, 1.807) is 26.4 Å². The molecule has 25 heavy (non-hydrogen) atoms. The fraction of sp³-hybridized carbons (Fsp3) is 0.529. The number of carbonyl (C=O) groups excluding carboxylic acids is 2. The van der Waals surface area contributed by atoms with Gasteiger partial charge < -0.3 is 19.7 Å². The van der Waals surface area contributed by atoms with Gasteiger partial charge in [-0.1, -0.05) is 0 Å². The number of halogens is 1. The van der Waals surface area contributed by atoms with E-state index in [1.165, 1.54) is 0 Å². The van der Waals surface area contributed by atoms with Gasteiger partial charge in [0.05, 0.1) is 26.3 Å². The molecule has 0 saturated carbocycles. The first-order valence-corrected chi connectivity index (χ1v) is 9.27. The molecule has 0 radical (unpaired) electrons. The van der Waals surface area contributed by atoms with Crippen molar-refractivity contribution in [3.05, 3.63) is 21.3 Å².